The van der Waals surface area contributed by atoms with E-state index >= 15 is 0 Å². The molecule has 0 fully saturated rings. The number of anilines is 6. The fourth-order valence-corrected chi connectivity index (χ4v) is 12.3. The van der Waals surface area contributed by atoms with Gasteiger partial charge in [-0.2, -0.15) is 0 Å². The lowest BCUT2D eigenvalue weighted by molar-refractivity contribution is 0.596. The Labute approximate surface area is 457 Å². The van der Waals surface area contributed by atoms with E-state index in [1.165, 1.54) is 0 Å². The minimum absolute atomic E-state index is 0.216. The van der Waals surface area contributed by atoms with Gasteiger partial charge in [-0.25, -0.2) is 18.4 Å². The van der Waals surface area contributed by atoms with Crippen molar-refractivity contribution < 1.29 is 8.42 Å². The highest BCUT2D eigenvalue weighted by Crippen LogP contribution is 2.42. The molecule has 8 nitrogen and oxygen atoms in total. The topological polar surface area (TPSA) is 76.3 Å². The zero-order chi connectivity index (χ0) is 52.9. The van der Waals surface area contributed by atoms with Crippen molar-refractivity contribution in [3.63, 3.8) is 0 Å². The normalized spacial score (nSPS) is 11.6. The summed E-state index contributed by atoms with van der Waals surface area (Å²) in [7, 11) is -3.82. The predicted molar refractivity (Wildman–Crippen MR) is 323 cm³/mol. The molecule has 14 aromatic rings. The maximum absolute atomic E-state index is 14.1. The second kappa shape index (κ2) is 19.7. The Balaban J connectivity index is 0.704. The molecule has 0 saturated heterocycles. The van der Waals surface area contributed by atoms with E-state index < -0.39 is 9.84 Å². The van der Waals surface area contributed by atoms with Crippen LogP contribution < -0.4 is 9.80 Å². The molecule has 9 heteroatoms. The first-order valence-electron chi connectivity index (χ1n) is 26.2. The van der Waals surface area contributed by atoms with Crippen molar-refractivity contribution in [2.75, 3.05) is 9.80 Å². The predicted octanol–water partition coefficient (Wildman–Crippen LogP) is 17.8. The first-order chi connectivity index (χ1) is 38.9. The smallest absolute Gasteiger partial charge is 0.206 e. The van der Waals surface area contributed by atoms with Crippen LogP contribution in [0.25, 0.3) is 77.5 Å². The molecule has 4 heterocycles. The largest absolute Gasteiger partial charge is 0.310 e. The van der Waals surface area contributed by atoms with Gasteiger partial charge in [0.2, 0.25) is 9.84 Å². The lowest BCUT2D eigenvalue weighted by atomic mass is 10.1. The van der Waals surface area contributed by atoms with Gasteiger partial charge in [-0.3, -0.25) is 9.13 Å². The van der Waals surface area contributed by atoms with Crippen molar-refractivity contribution >= 4 is 87.6 Å². The van der Waals surface area contributed by atoms with Crippen molar-refractivity contribution in [2.45, 2.75) is 9.79 Å². The van der Waals surface area contributed by atoms with Crippen LogP contribution in [-0.4, -0.2) is 27.5 Å². The van der Waals surface area contributed by atoms with Gasteiger partial charge in [0.05, 0.1) is 31.9 Å². The Morgan fingerprint density at radius 2 is 0.595 bits per heavy atom. The zero-order valence-corrected chi connectivity index (χ0v) is 43.4. The highest BCUT2D eigenvalue weighted by Gasteiger charge is 2.22. The molecular formula is C70H48N6O2S. The van der Waals surface area contributed by atoms with E-state index in [9.17, 15) is 8.42 Å². The maximum Gasteiger partial charge on any atom is 0.206 e. The molecule has 0 unspecified atom stereocenters. The number of nitrogens with zero attached hydrogens (tertiary/aromatic N) is 6. The molecule has 14 rings (SSSR count). The summed E-state index contributed by atoms with van der Waals surface area (Å²) < 4.78 is 32.6. The first-order valence-corrected chi connectivity index (χ1v) is 27.7. The molecule has 79 heavy (non-hydrogen) atoms. The number of hydrogen-bond acceptors (Lipinski definition) is 6. The van der Waals surface area contributed by atoms with E-state index in [4.69, 9.17) is 9.97 Å². The number of benzene rings is 10. The molecule has 4 aromatic heterocycles. The summed E-state index contributed by atoms with van der Waals surface area (Å²) in [6.45, 7) is 0. The SMILES string of the molecule is O=S(=O)(c1ccc(-c2ccc(-n3c4ccccc4c4cc(N(c5ccccc5)c5ccccc5)ccc43)nc2)cc1)c1ccc(-c2ccc(-n3c4ccccc4c4cc(N(c5ccccc5)c5ccccc5)ccc43)nc2)cc1. The van der Waals surface area contributed by atoms with Gasteiger partial charge in [-0.1, -0.05) is 133 Å². The Bertz CT molecular complexity index is 4250. The number of fused-ring (bicyclic) bond motifs is 6. The Morgan fingerprint density at radius 3 is 0.937 bits per heavy atom. The van der Waals surface area contributed by atoms with Gasteiger partial charge in [-0.15, -0.1) is 0 Å². The molecule has 0 N–H and O–H groups in total. The van der Waals surface area contributed by atoms with Gasteiger partial charge in [0, 0.05) is 79.2 Å². The third-order valence-corrected chi connectivity index (χ3v) is 16.6. The lowest BCUT2D eigenvalue weighted by Crippen LogP contribution is -2.09. The van der Waals surface area contributed by atoms with Gasteiger partial charge in [-0.05, 0) is 157 Å². The van der Waals surface area contributed by atoms with E-state index in [0.29, 0.717) is 0 Å². The fraction of sp³-hybridized carbons (Fsp3) is 0. The van der Waals surface area contributed by atoms with Crippen molar-refractivity contribution in [1.82, 2.24) is 19.1 Å². The monoisotopic (exact) mass is 1040 g/mol. The van der Waals surface area contributed by atoms with Crippen LogP contribution >= 0.6 is 0 Å². The number of rotatable bonds is 12. The van der Waals surface area contributed by atoms with E-state index in [0.717, 1.165) is 112 Å². The van der Waals surface area contributed by atoms with Crippen molar-refractivity contribution in [3.8, 4) is 33.9 Å². The first kappa shape index (κ1) is 47.1. The molecular weight excluding hydrogens is 989 g/mol. The summed E-state index contributed by atoms with van der Waals surface area (Å²) in [6, 6.07) is 94.0. The van der Waals surface area contributed by atoms with Gasteiger partial charge in [0.15, 0.2) is 0 Å². The van der Waals surface area contributed by atoms with Crippen molar-refractivity contribution in [1.29, 1.82) is 0 Å². The van der Waals surface area contributed by atoms with Crippen LogP contribution in [0.3, 0.4) is 0 Å². The van der Waals surface area contributed by atoms with Gasteiger partial charge in [0.25, 0.3) is 0 Å². The molecule has 0 amide bonds. The zero-order valence-electron chi connectivity index (χ0n) is 42.6. The quantitative estimate of drug-likeness (QED) is 0.121. The van der Waals surface area contributed by atoms with E-state index in [-0.39, 0.29) is 9.79 Å². The minimum atomic E-state index is -3.82. The molecule has 0 atom stereocenters. The number of para-hydroxylation sites is 6. The summed E-state index contributed by atoms with van der Waals surface area (Å²) in [5, 5.41) is 4.50. The Hall–Kier alpha value is -10.4. The molecule has 0 aliphatic carbocycles. The maximum atomic E-state index is 14.1. The molecule has 376 valence electrons. The van der Waals surface area contributed by atoms with Crippen LogP contribution in [0.5, 0.6) is 0 Å². The fourth-order valence-electron chi connectivity index (χ4n) is 11.1. The van der Waals surface area contributed by atoms with Crippen LogP contribution in [0.1, 0.15) is 0 Å². The lowest BCUT2D eigenvalue weighted by Gasteiger charge is -2.25. The summed E-state index contributed by atoms with van der Waals surface area (Å²) >= 11 is 0. The molecule has 0 aliphatic heterocycles. The summed E-state index contributed by atoms with van der Waals surface area (Å²) in [6.07, 6.45) is 3.71. The van der Waals surface area contributed by atoms with E-state index in [1.54, 1.807) is 24.3 Å². The molecule has 10 aromatic carbocycles. The minimum Gasteiger partial charge on any atom is -0.310 e. The van der Waals surface area contributed by atoms with Crippen molar-refractivity contribution in [2.24, 2.45) is 0 Å². The van der Waals surface area contributed by atoms with Crippen LogP contribution in [0, 0.1) is 0 Å². The third-order valence-electron chi connectivity index (χ3n) is 14.8. The molecule has 0 aliphatic rings. The van der Waals surface area contributed by atoms with Gasteiger partial charge in [0.1, 0.15) is 11.6 Å². The molecule has 0 spiro atoms. The van der Waals surface area contributed by atoms with E-state index in [2.05, 4.69) is 201 Å². The van der Waals surface area contributed by atoms with Crippen molar-refractivity contribution in [3.05, 3.63) is 291 Å². The number of aromatic nitrogens is 4. The molecule has 0 saturated carbocycles. The van der Waals surface area contributed by atoms with Crippen LogP contribution in [0.15, 0.2) is 301 Å². The third kappa shape index (κ3) is 8.46. The number of pyridine rings is 2. The van der Waals surface area contributed by atoms with Gasteiger partial charge >= 0.3 is 0 Å². The number of hydrogen-bond donors (Lipinski definition) is 0. The summed E-state index contributed by atoms with van der Waals surface area (Å²) in [4.78, 5) is 15.0. The summed E-state index contributed by atoms with van der Waals surface area (Å²) in [5.41, 5.74) is 14.1. The average Bonchev–Trinajstić information content (AvgIpc) is 4.25. The second-order valence-corrected chi connectivity index (χ2v) is 21.4. The van der Waals surface area contributed by atoms with Gasteiger partial charge < -0.3 is 9.80 Å². The van der Waals surface area contributed by atoms with Crippen LogP contribution in [0.2, 0.25) is 0 Å². The van der Waals surface area contributed by atoms with E-state index in [1.807, 2.05) is 85.2 Å². The molecule has 0 bridgehead atoms. The Morgan fingerprint density at radius 1 is 0.278 bits per heavy atom. The average molecular weight is 1040 g/mol. The number of sulfone groups is 1. The molecule has 0 radical (unpaired) electrons. The Kier molecular flexibility index (Phi) is 11.7. The highest BCUT2D eigenvalue weighted by atomic mass is 32.2. The second-order valence-electron chi connectivity index (χ2n) is 19.5. The standard InChI is InChI=1S/C70H48N6O2S/c77-79(78,59-37-29-49(30-38-59)51-33-43-69(71-47-51)75-65-27-15-13-25-61(65)63-45-57(35-41-67(63)75)73(53-17-5-1-6-18-53)54-19-7-2-8-20-54)60-39-31-50(32-40-60)52-34-44-70(72-48-52)76-66-28-16-14-26-62(66)64-46-58(36-42-68(64)76)74(55-21-9-3-10-22-55)56-23-11-4-12-24-56/h1-48H. The van der Waals surface area contributed by atoms with Crippen LogP contribution in [-0.2, 0) is 9.84 Å². The highest BCUT2D eigenvalue weighted by molar-refractivity contribution is 7.91. The summed E-state index contributed by atoms with van der Waals surface area (Å²) in [5.74, 6) is 1.57. The van der Waals surface area contributed by atoms with Crippen LogP contribution in [0.4, 0.5) is 34.1 Å².